The van der Waals surface area contributed by atoms with Gasteiger partial charge in [-0.3, -0.25) is 0 Å². The van der Waals surface area contributed by atoms with Gasteiger partial charge in [0.15, 0.2) is 0 Å². The first-order chi connectivity index (χ1) is 9.58. The molecule has 0 aliphatic rings. The molecule has 108 valence electrons. The quantitative estimate of drug-likeness (QED) is 0.852. The van der Waals surface area contributed by atoms with Crippen LogP contribution in [0.3, 0.4) is 0 Å². The van der Waals surface area contributed by atoms with E-state index in [2.05, 4.69) is 5.32 Å². The first-order valence-electron chi connectivity index (χ1n) is 6.77. The van der Waals surface area contributed by atoms with E-state index in [-0.39, 0.29) is 17.8 Å². The number of hydrogen-bond donors (Lipinski definition) is 2. The van der Waals surface area contributed by atoms with E-state index in [0.717, 1.165) is 5.76 Å². The lowest BCUT2D eigenvalue weighted by atomic mass is 9.93. The summed E-state index contributed by atoms with van der Waals surface area (Å²) in [5.74, 6) is 0.748. The Balaban J connectivity index is 2.05. The standard InChI is InChI=1S/C16H20FNO2/c1-11(2)15(18-10-14-4-3-9-20-14)16(19)12-5-7-13(17)8-6-12/h3-9,11,15-16,18-19H,10H2,1-2H3. The second kappa shape index (κ2) is 6.68. The lowest BCUT2D eigenvalue weighted by Gasteiger charge is -2.27. The Morgan fingerprint density at radius 3 is 2.45 bits per heavy atom. The first kappa shape index (κ1) is 14.8. The van der Waals surface area contributed by atoms with E-state index in [9.17, 15) is 9.50 Å². The highest BCUT2D eigenvalue weighted by atomic mass is 19.1. The van der Waals surface area contributed by atoms with Crippen molar-refractivity contribution in [1.29, 1.82) is 0 Å². The van der Waals surface area contributed by atoms with E-state index in [1.165, 1.54) is 12.1 Å². The summed E-state index contributed by atoms with van der Waals surface area (Å²) >= 11 is 0. The maximum Gasteiger partial charge on any atom is 0.123 e. The highest BCUT2D eigenvalue weighted by Crippen LogP contribution is 2.22. The molecule has 1 aromatic carbocycles. The average molecular weight is 277 g/mol. The van der Waals surface area contributed by atoms with Gasteiger partial charge in [0.25, 0.3) is 0 Å². The predicted octanol–water partition coefficient (Wildman–Crippen LogP) is 3.27. The Morgan fingerprint density at radius 2 is 1.90 bits per heavy atom. The molecule has 0 amide bonds. The Hall–Kier alpha value is -1.65. The molecule has 2 N–H and O–H groups in total. The molecule has 2 rings (SSSR count). The van der Waals surface area contributed by atoms with Gasteiger partial charge in [0.05, 0.1) is 18.9 Å². The molecule has 0 aliphatic heterocycles. The lowest BCUT2D eigenvalue weighted by molar-refractivity contribution is 0.103. The second-order valence-electron chi connectivity index (χ2n) is 5.23. The largest absolute Gasteiger partial charge is 0.468 e. The molecule has 20 heavy (non-hydrogen) atoms. The fourth-order valence-corrected chi connectivity index (χ4v) is 2.21. The van der Waals surface area contributed by atoms with Crippen LogP contribution >= 0.6 is 0 Å². The molecular weight excluding hydrogens is 257 g/mol. The summed E-state index contributed by atoms with van der Waals surface area (Å²) in [5, 5.41) is 13.8. The Kier molecular flexibility index (Phi) is 4.93. The van der Waals surface area contributed by atoms with Crippen LogP contribution in [0.15, 0.2) is 47.1 Å². The van der Waals surface area contributed by atoms with E-state index in [4.69, 9.17) is 4.42 Å². The zero-order chi connectivity index (χ0) is 14.5. The van der Waals surface area contributed by atoms with Gasteiger partial charge < -0.3 is 14.8 Å². The van der Waals surface area contributed by atoms with Gasteiger partial charge in [-0.1, -0.05) is 26.0 Å². The highest BCUT2D eigenvalue weighted by Gasteiger charge is 2.23. The third kappa shape index (κ3) is 3.68. The summed E-state index contributed by atoms with van der Waals surface area (Å²) in [4.78, 5) is 0. The second-order valence-corrected chi connectivity index (χ2v) is 5.23. The van der Waals surface area contributed by atoms with Gasteiger partial charge in [0.2, 0.25) is 0 Å². The summed E-state index contributed by atoms with van der Waals surface area (Å²) in [6.45, 7) is 4.62. The molecule has 0 saturated carbocycles. The average Bonchev–Trinajstić information content (AvgIpc) is 2.92. The van der Waals surface area contributed by atoms with Crippen molar-refractivity contribution in [1.82, 2.24) is 5.32 Å². The van der Waals surface area contributed by atoms with Crippen LogP contribution < -0.4 is 5.32 Å². The minimum absolute atomic E-state index is 0.134. The number of hydrogen-bond acceptors (Lipinski definition) is 3. The molecule has 0 bridgehead atoms. The van der Waals surface area contributed by atoms with Gasteiger partial charge in [-0.25, -0.2) is 4.39 Å². The SMILES string of the molecule is CC(C)C(NCc1ccco1)C(O)c1ccc(F)cc1. The molecule has 0 aliphatic carbocycles. The molecule has 0 spiro atoms. The highest BCUT2D eigenvalue weighted by molar-refractivity contribution is 5.20. The van der Waals surface area contributed by atoms with Crippen LogP contribution in [0.25, 0.3) is 0 Å². The van der Waals surface area contributed by atoms with Crippen molar-refractivity contribution in [2.45, 2.75) is 32.5 Å². The van der Waals surface area contributed by atoms with Crippen molar-refractivity contribution in [3.63, 3.8) is 0 Å². The van der Waals surface area contributed by atoms with Crippen molar-refractivity contribution in [2.75, 3.05) is 0 Å². The van der Waals surface area contributed by atoms with E-state index >= 15 is 0 Å². The van der Waals surface area contributed by atoms with Crippen LogP contribution in [0, 0.1) is 11.7 Å². The van der Waals surface area contributed by atoms with Gasteiger partial charge >= 0.3 is 0 Å². The van der Waals surface area contributed by atoms with Gasteiger partial charge in [0, 0.05) is 6.04 Å². The van der Waals surface area contributed by atoms with Crippen molar-refractivity contribution in [3.8, 4) is 0 Å². The van der Waals surface area contributed by atoms with E-state index in [1.54, 1.807) is 18.4 Å². The summed E-state index contributed by atoms with van der Waals surface area (Å²) in [5.41, 5.74) is 0.706. The van der Waals surface area contributed by atoms with Crippen LogP contribution in [0.4, 0.5) is 4.39 Å². The number of nitrogens with one attached hydrogen (secondary N) is 1. The molecule has 1 aromatic heterocycles. The third-order valence-corrected chi connectivity index (χ3v) is 3.36. The maximum atomic E-state index is 12.9. The number of benzene rings is 1. The number of rotatable bonds is 6. The number of aliphatic hydroxyl groups excluding tert-OH is 1. The van der Waals surface area contributed by atoms with Crippen LogP contribution in [0.5, 0.6) is 0 Å². The minimum atomic E-state index is -0.689. The smallest absolute Gasteiger partial charge is 0.123 e. The Morgan fingerprint density at radius 1 is 1.20 bits per heavy atom. The van der Waals surface area contributed by atoms with Crippen LogP contribution in [0.1, 0.15) is 31.3 Å². The fourth-order valence-electron chi connectivity index (χ4n) is 2.21. The minimum Gasteiger partial charge on any atom is -0.468 e. The van der Waals surface area contributed by atoms with Gasteiger partial charge in [-0.05, 0) is 35.7 Å². The lowest BCUT2D eigenvalue weighted by Crippen LogP contribution is -2.38. The monoisotopic (exact) mass is 277 g/mol. The summed E-state index contributed by atoms with van der Waals surface area (Å²) in [7, 11) is 0. The van der Waals surface area contributed by atoms with Crippen molar-refractivity contribution in [2.24, 2.45) is 5.92 Å². The zero-order valence-corrected chi connectivity index (χ0v) is 11.7. The Bertz CT molecular complexity index is 508. The zero-order valence-electron chi connectivity index (χ0n) is 11.7. The third-order valence-electron chi connectivity index (χ3n) is 3.36. The van der Waals surface area contributed by atoms with Crippen LogP contribution in [-0.4, -0.2) is 11.1 Å². The molecular formula is C16H20FNO2. The van der Waals surface area contributed by atoms with Crippen molar-refractivity contribution in [3.05, 3.63) is 59.8 Å². The molecule has 1 heterocycles. The topological polar surface area (TPSA) is 45.4 Å². The first-order valence-corrected chi connectivity index (χ1v) is 6.77. The molecule has 2 unspecified atom stereocenters. The normalized spacial score (nSPS) is 14.4. The van der Waals surface area contributed by atoms with Crippen LogP contribution in [-0.2, 0) is 6.54 Å². The summed E-state index contributed by atoms with van der Waals surface area (Å²) in [6, 6.07) is 9.54. The molecule has 0 radical (unpaired) electrons. The molecule has 4 heteroatoms. The molecule has 0 saturated heterocycles. The summed E-state index contributed by atoms with van der Waals surface area (Å²) in [6.07, 6.45) is 0.934. The van der Waals surface area contributed by atoms with Crippen molar-refractivity contribution < 1.29 is 13.9 Å². The number of furan rings is 1. The predicted molar refractivity (Wildman–Crippen MR) is 75.5 cm³/mol. The van der Waals surface area contributed by atoms with E-state index in [1.807, 2.05) is 26.0 Å². The molecule has 2 atom stereocenters. The fraction of sp³-hybridized carbons (Fsp3) is 0.375. The molecule has 3 nitrogen and oxygen atoms in total. The number of halogens is 1. The van der Waals surface area contributed by atoms with Gasteiger partial charge in [-0.15, -0.1) is 0 Å². The Labute approximate surface area is 118 Å². The maximum absolute atomic E-state index is 12.9. The van der Waals surface area contributed by atoms with Crippen molar-refractivity contribution >= 4 is 0 Å². The van der Waals surface area contributed by atoms with Crippen LogP contribution in [0.2, 0.25) is 0 Å². The molecule has 0 fully saturated rings. The van der Waals surface area contributed by atoms with Gasteiger partial charge in [0.1, 0.15) is 11.6 Å². The van der Waals surface area contributed by atoms with E-state index < -0.39 is 6.10 Å². The summed E-state index contributed by atoms with van der Waals surface area (Å²) < 4.78 is 18.2. The number of aliphatic hydroxyl groups is 1. The molecule has 2 aromatic rings. The van der Waals surface area contributed by atoms with Gasteiger partial charge in [-0.2, -0.15) is 0 Å². The van der Waals surface area contributed by atoms with E-state index in [0.29, 0.717) is 12.1 Å².